The number of nitrogens with zero attached hydrogens (tertiary/aromatic N) is 2. The summed E-state index contributed by atoms with van der Waals surface area (Å²) in [4.78, 5) is 27.7. The number of ketones is 1. The van der Waals surface area contributed by atoms with Gasteiger partial charge in [-0.2, -0.15) is 0 Å². The highest BCUT2D eigenvalue weighted by Crippen LogP contribution is 2.43. The molecule has 1 amide bonds. The zero-order valence-corrected chi connectivity index (χ0v) is 14.7. The van der Waals surface area contributed by atoms with Gasteiger partial charge in [-0.3, -0.25) is 14.5 Å². The van der Waals surface area contributed by atoms with Crippen LogP contribution in [-0.2, 0) is 4.79 Å². The van der Waals surface area contributed by atoms with Crippen molar-refractivity contribution in [2.45, 2.75) is 19.9 Å². The lowest BCUT2D eigenvalue weighted by Gasteiger charge is -2.22. The Kier molecular flexibility index (Phi) is 3.77. The predicted octanol–water partition coefficient (Wildman–Crippen LogP) is 3.73. The number of amides is 1. The first-order valence-electron chi connectivity index (χ1n) is 7.82. The summed E-state index contributed by atoms with van der Waals surface area (Å²) < 4.78 is 10.5. The number of furan rings is 1. The zero-order chi connectivity index (χ0) is 18.4. The maximum Gasteiger partial charge on any atom is 0.295 e. The van der Waals surface area contributed by atoms with Crippen LogP contribution in [0.2, 0.25) is 0 Å². The quantitative estimate of drug-likeness (QED) is 0.703. The molecule has 0 fully saturated rings. The third-order valence-corrected chi connectivity index (χ3v) is 5.02. The number of carbonyl (C=O) groups is 2. The first-order chi connectivity index (χ1) is 12.5. The molecule has 0 aliphatic carbocycles. The molecule has 0 spiro atoms. The van der Waals surface area contributed by atoms with Crippen LogP contribution in [0, 0.1) is 13.8 Å². The van der Waals surface area contributed by atoms with Crippen LogP contribution in [-0.4, -0.2) is 22.0 Å². The molecule has 4 rings (SSSR count). The molecule has 7 nitrogen and oxygen atoms in total. The fraction of sp³-hybridized carbons (Fsp3) is 0.167. The Morgan fingerprint density at radius 2 is 2.08 bits per heavy atom. The minimum Gasteiger partial charge on any atom is -0.503 e. The summed E-state index contributed by atoms with van der Waals surface area (Å²) in [5.41, 5.74) is -0.0348. The topological polar surface area (TPSA) is 96.8 Å². The van der Waals surface area contributed by atoms with Crippen LogP contribution in [0.4, 0.5) is 5.82 Å². The highest BCUT2D eigenvalue weighted by molar-refractivity contribution is 7.10. The Labute approximate surface area is 152 Å². The largest absolute Gasteiger partial charge is 0.503 e. The Morgan fingerprint density at radius 1 is 1.27 bits per heavy atom. The van der Waals surface area contributed by atoms with Gasteiger partial charge in [0.25, 0.3) is 5.91 Å². The standard InChI is InChI=1S/C18H14N2O5S/c1-9-5-6-11(24-9)16(21)14-15(12-4-3-7-26-12)20(18(23)17(14)22)13-8-10(2)25-19-13/h3-8,15,22H,1-2H3/t15-/m0/s1. The van der Waals surface area contributed by atoms with Crippen molar-refractivity contribution in [3.8, 4) is 0 Å². The van der Waals surface area contributed by atoms with Gasteiger partial charge < -0.3 is 14.0 Å². The van der Waals surface area contributed by atoms with E-state index in [1.165, 1.54) is 22.3 Å². The molecule has 1 aliphatic heterocycles. The molecule has 0 saturated heterocycles. The van der Waals surface area contributed by atoms with Crippen molar-refractivity contribution in [2.24, 2.45) is 0 Å². The van der Waals surface area contributed by atoms with Gasteiger partial charge in [-0.15, -0.1) is 11.3 Å². The molecule has 0 unspecified atom stereocenters. The Morgan fingerprint density at radius 3 is 2.65 bits per heavy atom. The minimum absolute atomic E-state index is 0.0348. The normalized spacial score (nSPS) is 17.4. The van der Waals surface area contributed by atoms with E-state index in [0.29, 0.717) is 11.5 Å². The van der Waals surface area contributed by atoms with E-state index >= 15 is 0 Å². The number of aromatic nitrogens is 1. The third-order valence-electron chi connectivity index (χ3n) is 4.09. The number of Topliss-reactive ketones (excluding diaryl/α,β-unsaturated/α-hetero) is 1. The fourth-order valence-corrected chi connectivity index (χ4v) is 3.77. The first-order valence-corrected chi connectivity index (χ1v) is 8.70. The molecule has 0 aromatic carbocycles. The molecule has 26 heavy (non-hydrogen) atoms. The van der Waals surface area contributed by atoms with Crippen molar-refractivity contribution >= 4 is 28.8 Å². The second-order valence-electron chi connectivity index (χ2n) is 5.89. The van der Waals surface area contributed by atoms with Crippen LogP contribution in [0.15, 0.2) is 56.0 Å². The highest BCUT2D eigenvalue weighted by atomic mass is 32.1. The SMILES string of the molecule is Cc1cc(N2C(=O)C(O)=C(C(=O)c3ccc(C)o3)[C@@H]2c2cccs2)no1. The summed E-state index contributed by atoms with van der Waals surface area (Å²) in [5, 5.41) is 16.2. The number of thiophene rings is 1. The molecule has 3 aromatic rings. The number of aryl methyl sites for hydroxylation is 2. The average molecular weight is 370 g/mol. The molecule has 3 aromatic heterocycles. The van der Waals surface area contributed by atoms with Crippen LogP contribution >= 0.6 is 11.3 Å². The Bertz CT molecular complexity index is 1030. The van der Waals surface area contributed by atoms with Gasteiger partial charge in [-0.25, -0.2) is 0 Å². The first kappa shape index (κ1) is 16.3. The van der Waals surface area contributed by atoms with Gasteiger partial charge in [0.05, 0.1) is 5.57 Å². The van der Waals surface area contributed by atoms with Crippen molar-refractivity contribution in [2.75, 3.05) is 4.90 Å². The molecule has 4 heterocycles. The van der Waals surface area contributed by atoms with E-state index in [-0.39, 0.29) is 17.2 Å². The van der Waals surface area contributed by atoms with Gasteiger partial charge in [-0.1, -0.05) is 11.2 Å². The summed E-state index contributed by atoms with van der Waals surface area (Å²) in [6, 6.07) is 7.56. The average Bonchev–Trinajstić information content (AvgIpc) is 3.37. The predicted molar refractivity (Wildman–Crippen MR) is 93.2 cm³/mol. The van der Waals surface area contributed by atoms with Crippen molar-refractivity contribution in [1.29, 1.82) is 0 Å². The third kappa shape index (κ3) is 2.46. The second kappa shape index (κ2) is 5.99. The molecule has 1 N–H and O–H groups in total. The lowest BCUT2D eigenvalue weighted by Crippen LogP contribution is -2.30. The molecule has 1 atom stereocenters. The second-order valence-corrected chi connectivity index (χ2v) is 6.87. The number of hydrogen-bond donors (Lipinski definition) is 1. The van der Waals surface area contributed by atoms with E-state index in [4.69, 9.17) is 8.94 Å². The van der Waals surface area contributed by atoms with Crippen molar-refractivity contribution in [3.05, 3.63) is 69.2 Å². The maximum atomic E-state index is 13.0. The highest BCUT2D eigenvalue weighted by Gasteiger charge is 2.46. The van der Waals surface area contributed by atoms with Gasteiger partial charge in [-0.05, 0) is 37.4 Å². The number of aliphatic hydroxyl groups is 1. The summed E-state index contributed by atoms with van der Waals surface area (Å²) in [5.74, 6) is -0.475. The van der Waals surface area contributed by atoms with E-state index in [9.17, 15) is 14.7 Å². The number of anilines is 1. The van der Waals surface area contributed by atoms with Crippen LogP contribution in [0.1, 0.15) is 33.0 Å². The van der Waals surface area contributed by atoms with Crippen molar-refractivity contribution in [1.82, 2.24) is 5.16 Å². The minimum atomic E-state index is -0.801. The van der Waals surface area contributed by atoms with Gasteiger partial charge in [0.1, 0.15) is 17.6 Å². The van der Waals surface area contributed by atoms with E-state index in [2.05, 4.69) is 5.16 Å². The lowest BCUT2D eigenvalue weighted by molar-refractivity contribution is -0.117. The van der Waals surface area contributed by atoms with E-state index in [1.807, 2.05) is 11.4 Å². The van der Waals surface area contributed by atoms with Crippen LogP contribution in [0.5, 0.6) is 0 Å². The lowest BCUT2D eigenvalue weighted by atomic mass is 10.0. The molecule has 0 bridgehead atoms. The summed E-state index contributed by atoms with van der Waals surface area (Å²) in [6.45, 7) is 3.41. The van der Waals surface area contributed by atoms with E-state index in [1.54, 1.807) is 32.0 Å². The summed E-state index contributed by atoms with van der Waals surface area (Å²) in [7, 11) is 0. The smallest absolute Gasteiger partial charge is 0.295 e. The molecular formula is C18H14N2O5S. The van der Waals surface area contributed by atoms with Gasteiger partial charge >= 0.3 is 0 Å². The molecule has 8 heteroatoms. The molecule has 1 aliphatic rings. The van der Waals surface area contributed by atoms with Gasteiger partial charge in [0, 0.05) is 10.9 Å². The number of hydrogen-bond acceptors (Lipinski definition) is 7. The molecule has 132 valence electrons. The zero-order valence-electron chi connectivity index (χ0n) is 13.9. The maximum absolute atomic E-state index is 13.0. The number of aliphatic hydroxyl groups excluding tert-OH is 1. The van der Waals surface area contributed by atoms with Crippen LogP contribution in [0.25, 0.3) is 0 Å². The Balaban J connectivity index is 1.85. The molecule has 0 radical (unpaired) electrons. The van der Waals surface area contributed by atoms with Gasteiger partial charge in [0.15, 0.2) is 17.3 Å². The fourth-order valence-electron chi connectivity index (χ4n) is 2.95. The van der Waals surface area contributed by atoms with E-state index in [0.717, 1.165) is 4.88 Å². The number of carbonyl (C=O) groups excluding carboxylic acids is 2. The number of rotatable bonds is 4. The van der Waals surface area contributed by atoms with Crippen molar-refractivity contribution in [3.63, 3.8) is 0 Å². The monoisotopic (exact) mass is 370 g/mol. The van der Waals surface area contributed by atoms with E-state index < -0.39 is 23.5 Å². The molecular weight excluding hydrogens is 356 g/mol. The van der Waals surface area contributed by atoms with Crippen molar-refractivity contribution < 1.29 is 23.6 Å². The summed E-state index contributed by atoms with van der Waals surface area (Å²) in [6.07, 6.45) is 0. The Hall–Kier alpha value is -3.13. The van der Waals surface area contributed by atoms with Crippen LogP contribution < -0.4 is 4.90 Å². The van der Waals surface area contributed by atoms with Crippen LogP contribution in [0.3, 0.4) is 0 Å². The van der Waals surface area contributed by atoms with Gasteiger partial charge in [0.2, 0.25) is 5.78 Å². The summed E-state index contributed by atoms with van der Waals surface area (Å²) >= 11 is 1.37. The molecule has 0 saturated carbocycles.